The van der Waals surface area contributed by atoms with Crippen LogP contribution in [0.3, 0.4) is 0 Å². The second kappa shape index (κ2) is 9.72. The fourth-order valence-corrected chi connectivity index (χ4v) is 4.34. The van der Waals surface area contributed by atoms with Gasteiger partial charge in [-0.1, -0.05) is 23.7 Å². The molecule has 0 aliphatic rings. The second-order valence-corrected chi connectivity index (χ2v) is 8.82. The largest absolute Gasteiger partial charge is 0.486 e. The van der Waals surface area contributed by atoms with E-state index in [4.69, 9.17) is 16.3 Å². The minimum absolute atomic E-state index is 0.0491. The number of carbonyl (C=O) groups excluding carboxylic acids is 1. The van der Waals surface area contributed by atoms with Crippen LogP contribution in [0.4, 0.5) is 14.5 Å². The third kappa shape index (κ3) is 5.40. The Hall–Kier alpha value is -3.23. The molecule has 2 heterocycles. The molecule has 1 N–H and O–H groups in total. The van der Waals surface area contributed by atoms with Crippen LogP contribution < -0.4 is 10.1 Å². The number of thiophene rings is 1. The van der Waals surface area contributed by atoms with Crippen molar-refractivity contribution < 1.29 is 18.3 Å². The van der Waals surface area contributed by atoms with Gasteiger partial charge in [-0.3, -0.25) is 9.48 Å². The molecule has 0 atom stereocenters. The van der Waals surface area contributed by atoms with Crippen LogP contribution in [0.15, 0.2) is 53.9 Å². The van der Waals surface area contributed by atoms with E-state index in [1.165, 1.54) is 17.4 Å². The van der Waals surface area contributed by atoms with Gasteiger partial charge in [-0.05, 0) is 55.1 Å². The number of anilines is 1. The van der Waals surface area contributed by atoms with Crippen LogP contribution in [0.1, 0.15) is 32.2 Å². The molecule has 0 radical (unpaired) electrons. The molecule has 5 nitrogen and oxygen atoms in total. The molecular formula is C24H20ClF2N3O2S. The van der Waals surface area contributed by atoms with E-state index >= 15 is 0 Å². The number of aromatic nitrogens is 2. The first-order chi connectivity index (χ1) is 15.8. The van der Waals surface area contributed by atoms with E-state index in [-0.39, 0.29) is 18.3 Å². The molecule has 0 unspecified atom stereocenters. The molecule has 33 heavy (non-hydrogen) atoms. The van der Waals surface area contributed by atoms with Gasteiger partial charge in [0, 0.05) is 16.7 Å². The number of rotatable bonds is 7. The van der Waals surface area contributed by atoms with Gasteiger partial charge in [-0.15, -0.1) is 11.3 Å². The topological polar surface area (TPSA) is 56.2 Å². The summed E-state index contributed by atoms with van der Waals surface area (Å²) in [6, 6.07) is 12.3. The van der Waals surface area contributed by atoms with Crippen LogP contribution in [-0.4, -0.2) is 15.7 Å². The zero-order chi connectivity index (χ0) is 23.5. The number of halogens is 3. The van der Waals surface area contributed by atoms with Gasteiger partial charge in [-0.2, -0.15) is 5.10 Å². The van der Waals surface area contributed by atoms with Gasteiger partial charge in [0.2, 0.25) is 0 Å². The number of hydrogen-bond acceptors (Lipinski definition) is 4. The third-order valence-electron chi connectivity index (χ3n) is 5.01. The average molecular weight is 488 g/mol. The highest BCUT2D eigenvalue weighted by Gasteiger charge is 2.17. The summed E-state index contributed by atoms with van der Waals surface area (Å²) in [5, 5.41) is 9.90. The monoisotopic (exact) mass is 487 g/mol. The van der Waals surface area contributed by atoms with Gasteiger partial charge < -0.3 is 10.1 Å². The molecule has 0 spiro atoms. The Bertz CT molecular complexity index is 1320. The second-order valence-electron chi connectivity index (χ2n) is 7.47. The van der Waals surface area contributed by atoms with Crippen molar-refractivity contribution in [3.8, 4) is 5.75 Å². The lowest BCUT2D eigenvalue weighted by atomic mass is 10.2. The number of aryl methyl sites for hydroxylation is 1. The Morgan fingerprint density at radius 2 is 1.97 bits per heavy atom. The van der Waals surface area contributed by atoms with Gasteiger partial charge in [0.1, 0.15) is 12.4 Å². The van der Waals surface area contributed by atoms with Crippen molar-refractivity contribution in [3.05, 3.63) is 98.0 Å². The molecular weight excluding hydrogens is 468 g/mol. The average Bonchev–Trinajstić information content (AvgIpc) is 3.34. The smallest absolute Gasteiger partial charge is 0.265 e. The first-order valence-electron chi connectivity index (χ1n) is 10.0. The summed E-state index contributed by atoms with van der Waals surface area (Å²) in [5.74, 6) is -1.76. The normalized spacial score (nSPS) is 10.9. The Kier molecular flexibility index (Phi) is 6.76. The van der Waals surface area contributed by atoms with Crippen molar-refractivity contribution in [1.82, 2.24) is 9.78 Å². The van der Waals surface area contributed by atoms with Gasteiger partial charge in [0.15, 0.2) is 11.6 Å². The highest BCUT2D eigenvalue weighted by molar-refractivity contribution is 7.12. The van der Waals surface area contributed by atoms with Gasteiger partial charge in [0.05, 0.1) is 28.5 Å². The van der Waals surface area contributed by atoms with E-state index in [1.54, 1.807) is 11.4 Å². The minimum Gasteiger partial charge on any atom is -0.486 e. The molecule has 170 valence electrons. The van der Waals surface area contributed by atoms with Crippen molar-refractivity contribution in [3.63, 3.8) is 0 Å². The van der Waals surface area contributed by atoms with Gasteiger partial charge in [0.25, 0.3) is 5.91 Å². The summed E-state index contributed by atoms with van der Waals surface area (Å²) in [5.41, 5.74) is 3.90. The highest BCUT2D eigenvalue weighted by atomic mass is 35.5. The zero-order valence-electron chi connectivity index (χ0n) is 17.9. The standard InChI is InChI=1S/C24H20ClF2N3O2S/c1-14-23(15(2)30(29-14)11-16-4-3-5-18(25)8-16)28-24(31)22-9-17(13-33-22)12-32-21-7-6-19(26)10-20(21)27/h3-10,13H,11-12H2,1-2H3,(H,28,31). The molecule has 2 aromatic heterocycles. The first kappa shape index (κ1) is 22.9. The lowest BCUT2D eigenvalue weighted by Gasteiger charge is -2.07. The van der Waals surface area contributed by atoms with Crippen LogP contribution in [0.5, 0.6) is 5.75 Å². The van der Waals surface area contributed by atoms with Crippen molar-refractivity contribution in [2.24, 2.45) is 0 Å². The third-order valence-corrected chi connectivity index (χ3v) is 6.22. The summed E-state index contributed by atoms with van der Waals surface area (Å²) >= 11 is 7.32. The Morgan fingerprint density at radius 1 is 1.15 bits per heavy atom. The lowest BCUT2D eigenvalue weighted by molar-refractivity contribution is 0.103. The molecule has 2 aromatic carbocycles. The number of amides is 1. The lowest BCUT2D eigenvalue weighted by Crippen LogP contribution is -2.12. The van der Waals surface area contributed by atoms with Crippen LogP contribution >= 0.6 is 22.9 Å². The fourth-order valence-electron chi connectivity index (χ4n) is 3.34. The predicted octanol–water partition coefficient (Wildman–Crippen LogP) is 6.37. The maximum absolute atomic E-state index is 13.7. The summed E-state index contributed by atoms with van der Waals surface area (Å²) in [7, 11) is 0. The molecule has 0 saturated heterocycles. The van der Waals surface area contributed by atoms with Crippen molar-refractivity contribution in [1.29, 1.82) is 0 Å². The van der Waals surface area contributed by atoms with Crippen LogP contribution in [0, 0.1) is 25.5 Å². The Labute approximate surface area is 198 Å². The van der Waals surface area contributed by atoms with Crippen molar-refractivity contribution in [2.45, 2.75) is 27.0 Å². The Balaban J connectivity index is 1.42. The molecule has 4 rings (SSSR count). The van der Waals surface area contributed by atoms with E-state index in [0.717, 1.165) is 23.4 Å². The fraction of sp³-hybridized carbons (Fsp3) is 0.167. The maximum Gasteiger partial charge on any atom is 0.265 e. The highest BCUT2D eigenvalue weighted by Crippen LogP contribution is 2.25. The number of nitrogens with one attached hydrogen (secondary N) is 1. The zero-order valence-corrected chi connectivity index (χ0v) is 19.4. The first-order valence-corrected chi connectivity index (χ1v) is 11.3. The number of benzene rings is 2. The van der Waals surface area contributed by atoms with E-state index in [9.17, 15) is 13.6 Å². The van der Waals surface area contributed by atoms with Crippen LogP contribution in [0.2, 0.25) is 5.02 Å². The molecule has 0 fully saturated rings. The molecule has 0 aliphatic carbocycles. The van der Waals surface area contributed by atoms with Crippen LogP contribution in [-0.2, 0) is 13.2 Å². The van der Waals surface area contributed by atoms with Gasteiger partial charge >= 0.3 is 0 Å². The van der Waals surface area contributed by atoms with Crippen molar-refractivity contribution in [2.75, 3.05) is 5.32 Å². The molecule has 1 amide bonds. The number of carbonyl (C=O) groups is 1. The number of hydrogen-bond donors (Lipinski definition) is 1. The summed E-state index contributed by atoms with van der Waals surface area (Å²) in [4.78, 5) is 13.3. The van der Waals surface area contributed by atoms with E-state index < -0.39 is 11.6 Å². The number of nitrogens with zero attached hydrogens (tertiary/aromatic N) is 2. The van der Waals surface area contributed by atoms with Crippen molar-refractivity contribution >= 4 is 34.5 Å². The summed E-state index contributed by atoms with van der Waals surface area (Å²) in [6.07, 6.45) is 0. The Morgan fingerprint density at radius 3 is 2.73 bits per heavy atom. The van der Waals surface area contributed by atoms with E-state index in [0.29, 0.717) is 33.4 Å². The predicted molar refractivity (Wildman–Crippen MR) is 125 cm³/mol. The molecule has 4 aromatic rings. The summed E-state index contributed by atoms with van der Waals surface area (Å²) < 4.78 is 34.0. The minimum atomic E-state index is -0.774. The summed E-state index contributed by atoms with van der Waals surface area (Å²) in [6.45, 7) is 4.32. The van der Waals surface area contributed by atoms with Crippen LogP contribution in [0.25, 0.3) is 0 Å². The SMILES string of the molecule is Cc1nn(Cc2cccc(Cl)c2)c(C)c1NC(=O)c1cc(COc2ccc(F)cc2F)cs1. The number of ether oxygens (including phenoxy) is 1. The molecule has 0 aliphatic heterocycles. The van der Waals surface area contributed by atoms with Gasteiger partial charge in [-0.25, -0.2) is 8.78 Å². The quantitative estimate of drug-likeness (QED) is 0.329. The molecule has 0 saturated carbocycles. The van der Waals surface area contributed by atoms with E-state index in [2.05, 4.69) is 10.4 Å². The molecule has 0 bridgehead atoms. The molecule has 9 heteroatoms. The maximum atomic E-state index is 13.7. The van der Waals surface area contributed by atoms with E-state index in [1.807, 2.05) is 42.8 Å².